The van der Waals surface area contributed by atoms with Crippen molar-refractivity contribution in [2.45, 2.75) is 6.04 Å². The van der Waals surface area contributed by atoms with Crippen molar-refractivity contribution in [3.63, 3.8) is 0 Å². The van der Waals surface area contributed by atoms with Crippen LogP contribution in [0.3, 0.4) is 0 Å². The summed E-state index contributed by atoms with van der Waals surface area (Å²) in [5, 5.41) is 6.73. The zero-order valence-electron chi connectivity index (χ0n) is 14.7. The van der Waals surface area contributed by atoms with Crippen LogP contribution >= 0.6 is 11.3 Å². The Hall–Kier alpha value is -2.70. The number of fused-ring (bicyclic) bond motifs is 1. The fourth-order valence-corrected chi connectivity index (χ4v) is 3.97. The molecule has 5 nitrogen and oxygen atoms in total. The number of nitrogens with zero attached hydrogens (tertiary/aromatic N) is 3. The van der Waals surface area contributed by atoms with Crippen molar-refractivity contribution in [2.75, 3.05) is 26.0 Å². The summed E-state index contributed by atoms with van der Waals surface area (Å²) in [5.74, 6) is 1.79. The first-order valence-corrected chi connectivity index (χ1v) is 9.33. The molecule has 0 aliphatic heterocycles. The van der Waals surface area contributed by atoms with Crippen LogP contribution in [-0.4, -0.2) is 35.5 Å². The Labute approximate surface area is 156 Å². The summed E-state index contributed by atoms with van der Waals surface area (Å²) < 4.78 is 5.60. The molecule has 6 heteroatoms. The van der Waals surface area contributed by atoms with Gasteiger partial charge in [0.25, 0.3) is 0 Å². The lowest BCUT2D eigenvalue weighted by molar-refractivity contribution is 0.269. The predicted octanol–water partition coefficient (Wildman–Crippen LogP) is 4.67. The van der Waals surface area contributed by atoms with E-state index < -0.39 is 0 Å². The molecule has 1 aromatic carbocycles. The summed E-state index contributed by atoms with van der Waals surface area (Å²) in [6, 6.07) is 14.4. The molecule has 0 aliphatic rings. The summed E-state index contributed by atoms with van der Waals surface area (Å²) in [4.78, 5) is 12.1. The van der Waals surface area contributed by atoms with Gasteiger partial charge in [-0.25, -0.2) is 9.97 Å². The topological polar surface area (TPSA) is 54.2 Å². The third-order valence-electron chi connectivity index (χ3n) is 4.41. The maximum Gasteiger partial charge on any atom is 0.138 e. The second-order valence-electron chi connectivity index (χ2n) is 6.29. The molecule has 132 valence electrons. The number of aromatic nitrogens is 2. The average Bonchev–Trinajstić information content (AvgIpc) is 3.32. The summed E-state index contributed by atoms with van der Waals surface area (Å²) in [6.07, 6.45) is 3.33. The van der Waals surface area contributed by atoms with Crippen LogP contribution in [-0.2, 0) is 0 Å². The molecule has 3 aromatic heterocycles. The largest absolute Gasteiger partial charge is 0.468 e. The smallest absolute Gasteiger partial charge is 0.138 e. The van der Waals surface area contributed by atoms with Crippen LogP contribution in [0.2, 0.25) is 0 Å². The van der Waals surface area contributed by atoms with Crippen molar-refractivity contribution in [2.24, 2.45) is 0 Å². The lowest BCUT2D eigenvalue weighted by Crippen LogP contribution is -2.26. The molecule has 4 rings (SSSR count). The fraction of sp³-hybridized carbons (Fsp3) is 0.200. The molecule has 0 fully saturated rings. The zero-order chi connectivity index (χ0) is 17.9. The van der Waals surface area contributed by atoms with Gasteiger partial charge in [-0.15, -0.1) is 11.3 Å². The first-order chi connectivity index (χ1) is 12.7. The van der Waals surface area contributed by atoms with Crippen LogP contribution in [0.5, 0.6) is 0 Å². The minimum absolute atomic E-state index is 0.119. The molecular formula is C20H20N4OS. The van der Waals surface area contributed by atoms with Gasteiger partial charge < -0.3 is 9.73 Å². The lowest BCUT2D eigenvalue weighted by Gasteiger charge is -2.23. The zero-order valence-corrected chi connectivity index (χ0v) is 15.5. The third-order valence-corrected chi connectivity index (χ3v) is 5.30. The molecule has 0 saturated carbocycles. The van der Waals surface area contributed by atoms with Gasteiger partial charge in [0.1, 0.15) is 22.7 Å². The Morgan fingerprint density at radius 2 is 1.96 bits per heavy atom. The van der Waals surface area contributed by atoms with Crippen LogP contribution in [0.4, 0.5) is 5.82 Å². The number of nitrogens with one attached hydrogen (secondary N) is 1. The molecule has 4 aromatic rings. The summed E-state index contributed by atoms with van der Waals surface area (Å²) in [6.45, 7) is 0.691. The molecule has 0 amide bonds. The number of thiophene rings is 1. The molecule has 1 atom stereocenters. The van der Waals surface area contributed by atoms with Gasteiger partial charge in [-0.2, -0.15) is 0 Å². The minimum Gasteiger partial charge on any atom is -0.468 e. The van der Waals surface area contributed by atoms with Crippen molar-refractivity contribution >= 4 is 27.4 Å². The van der Waals surface area contributed by atoms with E-state index in [1.54, 1.807) is 23.9 Å². The van der Waals surface area contributed by atoms with E-state index in [0.717, 1.165) is 27.4 Å². The number of furan rings is 1. The Morgan fingerprint density at radius 3 is 2.69 bits per heavy atom. The van der Waals surface area contributed by atoms with E-state index in [2.05, 4.69) is 49.8 Å². The third kappa shape index (κ3) is 3.21. The second-order valence-corrected chi connectivity index (χ2v) is 7.15. The first kappa shape index (κ1) is 16.8. The lowest BCUT2D eigenvalue weighted by atomic mass is 10.1. The predicted molar refractivity (Wildman–Crippen MR) is 106 cm³/mol. The van der Waals surface area contributed by atoms with Crippen LogP contribution in [0.15, 0.2) is 64.9 Å². The van der Waals surface area contributed by atoms with Gasteiger partial charge in [0.15, 0.2) is 0 Å². The van der Waals surface area contributed by atoms with E-state index in [-0.39, 0.29) is 6.04 Å². The Kier molecular flexibility index (Phi) is 4.69. The minimum atomic E-state index is 0.119. The maximum absolute atomic E-state index is 5.60. The molecule has 3 heterocycles. The Bertz CT molecular complexity index is 980. The van der Waals surface area contributed by atoms with Crippen LogP contribution in [0.25, 0.3) is 21.3 Å². The van der Waals surface area contributed by atoms with E-state index in [1.165, 1.54) is 5.56 Å². The summed E-state index contributed by atoms with van der Waals surface area (Å²) in [5.41, 5.74) is 2.33. The standard InChI is InChI=1S/C20H20N4OS/c1-24(2)16(17-9-6-10-25-17)11-21-19-18-15(14-7-4-3-5-8-14)12-26-20(18)23-13-22-19/h3-10,12-13,16H,11H2,1-2H3,(H,21,22,23). The van der Waals surface area contributed by atoms with E-state index in [9.17, 15) is 0 Å². The van der Waals surface area contributed by atoms with Crippen LogP contribution < -0.4 is 5.32 Å². The molecule has 26 heavy (non-hydrogen) atoms. The number of rotatable bonds is 6. The molecule has 1 N–H and O–H groups in total. The Balaban J connectivity index is 1.67. The summed E-state index contributed by atoms with van der Waals surface area (Å²) >= 11 is 1.64. The van der Waals surface area contributed by atoms with Gasteiger partial charge >= 0.3 is 0 Å². The number of hydrogen-bond donors (Lipinski definition) is 1. The highest BCUT2D eigenvalue weighted by molar-refractivity contribution is 7.17. The van der Waals surface area contributed by atoms with Gasteiger partial charge in [-0.3, -0.25) is 4.90 Å². The maximum atomic E-state index is 5.60. The molecule has 0 radical (unpaired) electrons. The normalized spacial score (nSPS) is 12.6. The highest BCUT2D eigenvalue weighted by Crippen LogP contribution is 2.36. The number of hydrogen-bond acceptors (Lipinski definition) is 6. The van der Waals surface area contributed by atoms with E-state index in [0.29, 0.717) is 6.54 Å². The van der Waals surface area contributed by atoms with Crippen molar-refractivity contribution < 1.29 is 4.42 Å². The van der Waals surface area contributed by atoms with E-state index in [4.69, 9.17) is 4.42 Å². The van der Waals surface area contributed by atoms with Crippen LogP contribution in [0.1, 0.15) is 11.8 Å². The highest BCUT2D eigenvalue weighted by atomic mass is 32.1. The van der Waals surface area contributed by atoms with Crippen molar-refractivity contribution in [1.29, 1.82) is 0 Å². The van der Waals surface area contributed by atoms with Gasteiger partial charge in [0, 0.05) is 17.5 Å². The average molecular weight is 364 g/mol. The first-order valence-electron chi connectivity index (χ1n) is 8.45. The number of benzene rings is 1. The van der Waals surface area contributed by atoms with Crippen molar-refractivity contribution in [1.82, 2.24) is 14.9 Å². The summed E-state index contributed by atoms with van der Waals surface area (Å²) in [7, 11) is 4.09. The van der Waals surface area contributed by atoms with Crippen LogP contribution in [0, 0.1) is 0 Å². The van der Waals surface area contributed by atoms with Crippen molar-refractivity contribution in [3.8, 4) is 11.1 Å². The monoisotopic (exact) mass is 364 g/mol. The van der Waals surface area contributed by atoms with Gasteiger partial charge in [-0.05, 0) is 31.8 Å². The molecule has 0 bridgehead atoms. The molecule has 1 unspecified atom stereocenters. The highest BCUT2D eigenvalue weighted by Gasteiger charge is 2.19. The van der Waals surface area contributed by atoms with E-state index in [1.807, 2.05) is 32.3 Å². The molecular weight excluding hydrogens is 344 g/mol. The second kappa shape index (κ2) is 7.27. The Morgan fingerprint density at radius 1 is 1.12 bits per heavy atom. The number of likely N-dealkylation sites (N-methyl/N-ethyl adjacent to an activating group) is 1. The van der Waals surface area contributed by atoms with Gasteiger partial charge in [0.05, 0.1) is 17.7 Å². The number of anilines is 1. The van der Waals surface area contributed by atoms with Gasteiger partial charge in [-0.1, -0.05) is 30.3 Å². The SMILES string of the molecule is CN(C)C(CNc1ncnc2scc(-c3ccccc3)c12)c1ccco1. The quantitative estimate of drug-likeness (QED) is 0.539. The van der Waals surface area contributed by atoms with Gasteiger partial charge in [0.2, 0.25) is 0 Å². The van der Waals surface area contributed by atoms with E-state index >= 15 is 0 Å². The molecule has 0 saturated heterocycles. The molecule has 0 aliphatic carbocycles. The molecule has 0 spiro atoms. The fourth-order valence-electron chi connectivity index (χ4n) is 3.05. The van der Waals surface area contributed by atoms with Crippen molar-refractivity contribution in [3.05, 3.63) is 66.2 Å².